The van der Waals surface area contributed by atoms with Gasteiger partial charge in [0.2, 0.25) is 5.67 Å². The maximum absolute atomic E-state index is 13.7. The first-order chi connectivity index (χ1) is 8.82. The van der Waals surface area contributed by atoms with Crippen molar-refractivity contribution in [3.8, 4) is 0 Å². The Labute approximate surface area is 111 Å². The molecular weight excluding hydrogens is 329 g/mol. The summed E-state index contributed by atoms with van der Waals surface area (Å²) in [5, 5.41) is 0. The highest BCUT2D eigenvalue weighted by Gasteiger charge is 2.71. The monoisotopic (exact) mass is 338 g/mol. The first-order valence-corrected chi connectivity index (χ1v) is 5.08. The van der Waals surface area contributed by atoms with E-state index in [1.54, 1.807) is 0 Å². The van der Waals surface area contributed by atoms with Crippen LogP contribution >= 0.6 is 0 Å². The summed E-state index contributed by atoms with van der Waals surface area (Å²) in [6.45, 7) is -0.451. The molecule has 0 aliphatic heterocycles. The molecule has 0 N–H and O–H groups in total. The molecule has 0 aliphatic carbocycles. The molecule has 0 radical (unpaired) electrons. The van der Waals surface area contributed by atoms with Crippen molar-refractivity contribution >= 4 is 0 Å². The van der Waals surface area contributed by atoms with Crippen LogP contribution in [0.15, 0.2) is 11.1 Å². The van der Waals surface area contributed by atoms with Crippen LogP contribution in [-0.2, 0) is 0 Å². The second-order valence-corrected chi connectivity index (χ2v) is 4.40. The van der Waals surface area contributed by atoms with E-state index < -0.39 is 47.9 Å². The molecule has 0 aromatic carbocycles. The van der Waals surface area contributed by atoms with Crippen molar-refractivity contribution in [2.24, 2.45) is 0 Å². The van der Waals surface area contributed by atoms with E-state index in [0.717, 1.165) is 0 Å². The molecule has 0 amide bonds. The molecule has 0 bridgehead atoms. The molecule has 126 valence electrons. The maximum Gasteiger partial charge on any atom is 0.457 e. The van der Waals surface area contributed by atoms with Gasteiger partial charge < -0.3 is 0 Å². The summed E-state index contributed by atoms with van der Waals surface area (Å²) in [5.74, 6) is -11.9. The molecule has 0 aromatic rings. The van der Waals surface area contributed by atoms with Gasteiger partial charge in [0, 0.05) is 5.57 Å². The molecule has 0 spiro atoms. The third kappa shape index (κ3) is 3.10. The third-order valence-corrected chi connectivity index (χ3v) is 3.04. The number of allylic oxidation sites excluding steroid dienone is 2. The zero-order chi connectivity index (χ0) is 17.7. The minimum Gasteiger partial charge on any atom is -0.232 e. The Morgan fingerprint density at radius 3 is 1.14 bits per heavy atom. The van der Waals surface area contributed by atoms with Crippen molar-refractivity contribution in [3.63, 3.8) is 0 Å². The molecule has 21 heavy (non-hydrogen) atoms. The first kappa shape index (κ1) is 20.0. The van der Waals surface area contributed by atoms with E-state index in [1.807, 2.05) is 0 Å². The maximum atomic E-state index is 13.7. The molecule has 0 saturated heterocycles. The van der Waals surface area contributed by atoms with Crippen molar-refractivity contribution < 1.29 is 48.3 Å². The second-order valence-electron chi connectivity index (χ2n) is 4.40. The summed E-state index contributed by atoms with van der Waals surface area (Å²) >= 11 is 0. The first-order valence-electron chi connectivity index (χ1n) is 5.08. The van der Waals surface area contributed by atoms with Crippen molar-refractivity contribution in [3.05, 3.63) is 11.1 Å². The summed E-state index contributed by atoms with van der Waals surface area (Å²) in [7, 11) is 0. The molecule has 0 nitrogen and oxygen atoms in total. The smallest absolute Gasteiger partial charge is 0.232 e. The van der Waals surface area contributed by atoms with Crippen LogP contribution in [-0.4, -0.2) is 29.9 Å². The van der Waals surface area contributed by atoms with Gasteiger partial charge in [-0.1, -0.05) is 0 Å². The Hall–Kier alpha value is -1.03. The lowest BCUT2D eigenvalue weighted by atomic mass is 9.86. The number of rotatable bonds is 3. The van der Waals surface area contributed by atoms with Gasteiger partial charge in [0.25, 0.3) is 0 Å². The number of alkyl halides is 11. The lowest BCUT2D eigenvalue weighted by molar-refractivity contribution is -0.318. The third-order valence-electron chi connectivity index (χ3n) is 3.04. The molecule has 0 saturated carbocycles. The summed E-state index contributed by atoms with van der Waals surface area (Å²) in [5.41, 5.74) is -9.08. The van der Waals surface area contributed by atoms with Gasteiger partial charge in [-0.2, -0.15) is 43.9 Å². The van der Waals surface area contributed by atoms with Gasteiger partial charge in [0.15, 0.2) is 0 Å². The highest BCUT2D eigenvalue weighted by molar-refractivity contribution is 5.30. The molecule has 1 unspecified atom stereocenters. The minimum absolute atomic E-state index is 0.0225. The molecule has 11 heteroatoms. The topological polar surface area (TPSA) is 0 Å². The lowest BCUT2D eigenvalue weighted by Crippen LogP contribution is -2.54. The Morgan fingerprint density at radius 1 is 0.571 bits per heavy atom. The lowest BCUT2D eigenvalue weighted by Gasteiger charge is -2.34. The van der Waals surface area contributed by atoms with Crippen LogP contribution < -0.4 is 0 Å². The zero-order valence-electron chi connectivity index (χ0n) is 10.7. The van der Waals surface area contributed by atoms with Crippen LogP contribution in [0.2, 0.25) is 0 Å². The highest BCUT2D eigenvalue weighted by Crippen LogP contribution is 2.51. The fourth-order valence-electron chi connectivity index (χ4n) is 1.30. The van der Waals surface area contributed by atoms with Crippen molar-refractivity contribution in [2.75, 3.05) is 0 Å². The van der Waals surface area contributed by atoms with Gasteiger partial charge in [0.1, 0.15) is 0 Å². The van der Waals surface area contributed by atoms with Crippen LogP contribution in [0.1, 0.15) is 20.8 Å². The Kier molecular flexibility index (Phi) is 4.76. The quantitative estimate of drug-likeness (QED) is 0.474. The number of hydrogen-bond acceptors (Lipinski definition) is 0. The molecule has 1 atom stereocenters. The summed E-state index contributed by atoms with van der Waals surface area (Å²) < 4.78 is 138. The van der Waals surface area contributed by atoms with Gasteiger partial charge in [-0.05, 0) is 26.3 Å². The number of hydrogen-bond donors (Lipinski definition) is 0. The Morgan fingerprint density at radius 2 is 0.905 bits per heavy atom. The fourth-order valence-corrected chi connectivity index (χ4v) is 1.30. The fraction of sp³-hybridized carbons (Fsp3) is 0.800. The van der Waals surface area contributed by atoms with E-state index in [2.05, 4.69) is 0 Å². The van der Waals surface area contributed by atoms with Gasteiger partial charge in [-0.25, -0.2) is 4.39 Å². The van der Waals surface area contributed by atoms with Crippen LogP contribution in [0.4, 0.5) is 48.3 Å². The van der Waals surface area contributed by atoms with E-state index >= 15 is 0 Å². The normalized spacial score (nSPS) is 19.1. The van der Waals surface area contributed by atoms with E-state index in [9.17, 15) is 48.3 Å². The van der Waals surface area contributed by atoms with Gasteiger partial charge in [-0.3, -0.25) is 0 Å². The molecule has 0 fully saturated rings. The van der Waals surface area contributed by atoms with Crippen LogP contribution in [0, 0.1) is 0 Å². The average molecular weight is 338 g/mol. The van der Waals surface area contributed by atoms with Gasteiger partial charge in [-0.15, -0.1) is 0 Å². The Balaban J connectivity index is 6.13. The van der Waals surface area contributed by atoms with Crippen LogP contribution in [0.3, 0.4) is 0 Å². The summed E-state index contributed by atoms with van der Waals surface area (Å²) in [6.07, 6.45) is -12.7. The van der Waals surface area contributed by atoms with Crippen molar-refractivity contribution in [1.82, 2.24) is 0 Å². The largest absolute Gasteiger partial charge is 0.457 e. The Bertz CT molecular complexity index is 421. The molecule has 0 aliphatic rings. The SMILES string of the molecule is CC(=C(C)C(F)(F)C(F)(F)F)C(C)(F)C(F)(F)C(F)(F)F. The predicted molar refractivity (Wildman–Crippen MR) is 49.9 cm³/mol. The van der Waals surface area contributed by atoms with E-state index in [1.165, 1.54) is 0 Å². The molecule has 0 heterocycles. The van der Waals surface area contributed by atoms with Crippen molar-refractivity contribution in [2.45, 2.75) is 50.6 Å². The molecule has 0 aromatic heterocycles. The number of halogens is 11. The average Bonchev–Trinajstić information content (AvgIpc) is 2.23. The van der Waals surface area contributed by atoms with E-state index in [0.29, 0.717) is 0 Å². The van der Waals surface area contributed by atoms with E-state index in [-0.39, 0.29) is 13.8 Å². The molecule has 0 rings (SSSR count). The summed E-state index contributed by atoms with van der Waals surface area (Å²) in [6, 6.07) is 0. The standard InChI is InChI=1S/C10H9F11/c1-4(5(2)7(12,13)9(16,17)18)6(3,11)8(14,15)10(19,20)21/h1-3H3. The van der Waals surface area contributed by atoms with Crippen LogP contribution in [0.25, 0.3) is 0 Å². The van der Waals surface area contributed by atoms with Crippen LogP contribution in [0.5, 0.6) is 0 Å². The van der Waals surface area contributed by atoms with Gasteiger partial charge >= 0.3 is 24.2 Å². The highest BCUT2D eigenvalue weighted by atomic mass is 19.4. The zero-order valence-corrected chi connectivity index (χ0v) is 10.7. The predicted octanol–water partition coefficient (Wildman–Crippen LogP) is 5.45. The van der Waals surface area contributed by atoms with Crippen molar-refractivity contribution in [1.29, 1.82) is 0 Å². The second kappa shape index (κ2) is 5.01. The molecular formula is C10H9F11. The summed E-state index contributed by atoms with van der Waals surface area (Å²) in [4.78, 5) is 0. The van der Waals surface area contributed by atoms with E-state index in [4.69, 9.17) is 0 Å². The van der Waals surface area contributed by atoms with Gasteiger partial charge in [0.05, 0.1) is 0 Å². The minimum atomic E-state index is -6.47.